The number of aromatic carboxylic acids is 1. The monoisotopic (exact) mass is 2190 g/mol. The van der Waals surface area contributed by atoms with E-state index in [2.05, 4.69) is 281 Å². The van der Waals surface area contributed by atoms with Gasteiger partial charge in [0.05, 0.1) is 64.1 Å². The van der Waals surface area contributed by atoms with Crippen molar-refractivity contribution in [2.45, 2.75) is 34.6 Å². The summed E-state index contributed by atoms with van der Waals surface area (Å²) in [5.74, 6) is 13.0. The summed E-state index contributed by atoms with van der Waals surface area (Å²) in [4.78, 5) is 154. The van der Waals surface area contributed by atoms with E-state index >= 15 is 0 Å². The molecule has 726 valence electrons. The third kappa shape index (κ3) is 44.3. The summed E-state index contributed by atoms with van der Waals surface area (Å²) in [5, 5.41) is 49.5. The number of aromatic nitrogens is 40. The summed E-state index contributed by atoms with van der Waals surface area (Å²) in [7, 11) is 0. The highest BCUT2D eigenvalue weighted by atomic mass is 36.1. The Morgan fingerprint density at radius 3 is 1.28 bits per heavy atom. The van der Waals surface area contributed by atoms with Gasteiger partial charge in [-0.25, -0.2) is 121 Å². The van der Waals surface area contributed by atoms with Crippen LogP contribution < -0.4 is 34.2 Å². The summed E-state index contributed by atoms with van der Waals surface area (Å²) < 4.78 is 63.8. The van der Waals surface area contributed by atoms with Gasteiger partial charge in [0, 0.05) is 49.6 Å². The lowest BCUT2D eigenvalue weighted by Crippen LogP contribution is -2.18. The van der Waals surface area contributed by atoms with Crippen molar-refractivity contribution in [2.75, 3.05) is 50.6 Å². The second-order valence-corrected chi connectivity index (χ2v) is 42.8. The summed E-state index contributed by atoms with van der Waals surface area (Å²) in [6.45, 7) is 10.3. The highest BCUT2D eigenvalue weighted by Crippen LogP contribution is 2.62. The highest BCUT2D eigenvalue weighted by Gasteiger charge is 2.16. The van der Waals surface area contributed by atoms with Crippen LogP contribution in [0.2, 0.25) is 15.5 Å². The Bertz CT molecular complexity index is 6370. The van der Waals surface area contributed by atoms with Crippen molar-refractivity contribution in [3.05, 3.63) is 244 Å². The predicted molar refractivity (Wildman–Crippen MR) is 485 cm³/mol. The van der Waals surface area contributed by atoms with Crippen molar-refractivity contribution < 1.29 is 71.3 Å². The summed E-state index contributed by atoms with van der Waals surface area (Å²) in [6.07, 6.45) is 37.3. The molecule has 0 radical (unpaired) electrons. The lowest BCUT2D eigenvalue weighted by atomic mass is 10.5. The number of hydrogen-bond donors (Lipinski definition) is 10. The molecule has 0 saturated carbocycles. The van der Waals surface area contributed by atoms with Crippen molar-refractivity contribution in [3.63, 3.8) is 0 Å². The average Bonchev–Trinajstić information content (AvgIpc) is 1.71. The number of halogens is 12. The lowest BCUT2D eigenvalue weighted by molar-refractivity contribution is 0.0499. The smallest absolute Gasteiger partial charge is 0.378 e. The Morgan fingerprint density at radius 2 is 0.831 bits per heavy atom. The minimum atomic E-state index is -3.22. The number of carboxylic acid groups (broad SMARTS) is 1. The molecule has 0 fully saturated rings. The second-order valence-electron chi connectivity index (χ2n) is 21.8. The van der Waals surface area contributed by atoms with Crippen molar-refractivity contribution >= 4 is 221 Å². The number of carbonyl (C=O) groups excluding carboxylic acids is 5. The van der Waals surface area contributed by atoms with E-state index in [4.69, 9.17) is 57.4 Å². The van der Waals surface area contributed by atoms with Gasteiger partial charge in [-0.1, -0.05) is 34.8 Å². The fraction of sp³-hybridized carbons (Fsp3) is 0.167. The number of nitrogen functional groups attached to an aromatic ring is 3. The molecule has 18 aromatic rings. The van der Waals surface area contributed by atoms with Gasteiger partial charge in [-0.2, -0.15) is 44.7 Å². The molecular formula is C60H64Cl12N43O18P3. The van der Waals surface area contributed by atoms with Crippen molar-refractivity contribution in [1.82, 2.24) is 197 Å². The number of nitrogens with one attached hydrogen (secondary N) is 6. The van der Waals surface area contributed by atoms with E-state index in [-0.39, 0.29) is 57.0 Å². The first kappa shape index (κ1) is 114. The SMILES string of the molecule is CCOC(=O)c1cncn1N.CCOC(=O)c1ncc[nH]1.CCOC(=O)c1nccn1N.CCOC(=O)c1ncn[nH]1.CCOC(=O)c1nncn1N.Clc1ncnn2ccnc12.Clc1ncnn2cncc12.Clc1ncnn2cnnc12.O=C(O)c1cnc[nH]1.O=P(Cl)(Cl)Cl.O=P(Cl)(Cl)Cl.O=P(Cl)(Cl)Cl.O=c1[nH]cnn2ccnc12.O=c1[nH]cnn2cncc12.O=c1[nH]cnn2cnnc12. The van der Waals surface area contributed by atoms with E-state index in [0.717, 1.165) is 19.5 Å². The molecule has 0 aromatic carbocycles. The zero-order chi connectivity index (χ0) is 101. The van der Waals surface area contributed by atoms with Gasteiger partial charge < -0.3 is 71.2 Å². The standard InChI is InChI=1S/2C6H9N3O2.C6H8N2O2.2C5H3ClN4.C5H8N4O2.2C5H4N4O.C5H7N3O2.C4H2ClN5.C4H3N5O.C4H4N2O2.3Cl3OP/c1-2-11-6(10)5-3-8-4-9(5)7;1-2-11-6(10)5-8-3-4-9(5)7;1-2-10-6(9)5-7-3-4-8-5;6-5-4-1-7-3-10(4)9-2-8-5;6-4-5-7-1-2-10(5)9-3-8-4;1-2-11-5(10)4-8-7-3-9(4)6;10-5-4-1-6-3-9(4)8-2-7-5;10-5-4-6-1-2-9(4)8-3-7-5;1-2-10-5(9)4-6-3-7-8-4;5-3-4-9-7-2-10(4)8-1-6-3;10-4-3-8-6-2-9(3)7-1-5-4;7-4(8)3-1-5-2-6-3;3*1-5(2,3)4/h2*3-4H,2,7H2,1H3;3-4H,2H2,1H3,(H,7,8);2*1-3H;3H,2,6H2,1H3;2*1-3H,(H,7,8,10);3H,2H2,1H3,(H,6,7,8);1-2H;1-2H,(H,5,7,10);1-2H,(H,5,6)(H,7,8);;;. The number of hydrogen-bond acceptors (Lipinski definition) is 45. The van der Waals surface area contributed by atoms with Gasteiger partial charge in [0.2, 0.25) is 34.4 Å². The van der Waals surface area contributed by atoms with Crippen LogP contribution in [0.15, 0.2) is 177 Å². The van der Waals surface area contributed by atoms with Crippen LogP contribution in [0.5, 0.6) is 0 Å². The van der Waals surface area contributed by atoms with Crippen LogP contribution in [-0.2, 0) is 37.4 Å². The Balaban J connectivity index is 0.000000306. The number of rotatable bonds is 11. The van der Waals surface area contributed by atoms with Gasteiger partial charge in [-0.3, -0.25) is 33.2 Å². The molecule has 61 nitrogen and oxygen atoms in total. The van der Waals surface area contributed by atoms with E-state index in [1.165, 1.54) is 144 Å². The van der Waals surface area contributed by atoms with Gasteiger partial charge in [0.1, 0.15) is 99.0 Å². The van der Waals surface area contributed by atoms with Crippen molar-refractivity contribution in [1.29, 1.82) is 0 Å². The van der Waals surface area contributed by atoms with Crippen LogP contribution >= 0.6 is 152 Å². The number of imidazole rings is 8. The van der Waals surface area contributed by atoms with Crippen LogP contribution in [0.1, 0.15) is 98.1 Å². The van der Waals surface area contributed by atoms with Gasteiger partial charge >= 0.3 is 51.4 Å². The zero-order valence-electron chi connectivity index (χ0n) is 68.7. The lowest BCUT2D eigenvalue weighted by Gasteiger charge is -2.00. The van der Waals surface area contributed by atoms with E-state index < -0.39 is 51.4 Å². The van der Waals surface area contributed by atoms with Gasteiger partial charge in [-0.05, 0) is 136 Å². The number of carbonyl (C=O) groups is 6. The maximum absolute atomic E-state index is 11.0. The number of ether oxygens (including phenoxy) is 5. The molecule has 0 bridgehead atoms. The summed E-state index contributed by atoms with van der Waals surface area (Å²) >= 11 is 58.5. The van der Waals surface area contributed by atoms with Crippen LogP contribution in [-0.4, -0.2) is 271 Å². The highest BCUT2D eigenvalue weighted by molar-refractivity contribution is 8.25. The first-order valence-corrected chi connectivity index (χ1v) is 49.8. The molecule has 0 amide bonds. The minimum absolute atomic E-state index is 0.00634. The van der Waals surface area contributed by atoms with Crippen molar-refractivity contribution in [3.8, 4) is 0 Å². The van der Waals surface area contributed by atoms with E-state index in [9.17, 15) is 56.8 Å². The number of esters is 5. The quantitative estimate of drug-likeness (QED) is 0.0265. The molecule has 18 aromatic heterocycles. The molecule has 0 aliphatic carbocycles. The van der Waals surface area contributed by atoms with E-state index in [1.807, 2.05) is 0 Å². The maximum atomic E-state index is 11.0. The number of nitrogens with two attached hydrogens (primary N) is 3. The molecular weight excluding hydrogens is 2130 g/mol. The van der Waals surface area contributed by atoms with E-state index in [0.29, 0.717) is 71.0 Å². The zero-order valence-corrected chi connectivity index (χ0v) is 80.5. The molecule has 0 aliphatic rings. The van der Waals surface area contributed by atoms with Gasteiger partial charge in [-0.15, -0.1) is 30.6 Å². The molecule has 136 heavy (non-hydrogen) atoms. The number of H-pyrrole nitrogens is 6. The normalized spacial score (nSPS) is 10.1. The number of fused-ring (bicyclic) bond motifs is 6. The van der Waals surface area contributed by atoms with E-state index in [1.54, 1.807) is 81.0 Å². The Kier molecular flexibility index (Phi) is 50.8. The molecule has 13 N–H and O–H groups in total. The Morgan fingerprint density at radius 1 is 0.382 bits per heavy atom. The fourth-order valence-electron chi connectivity index (χ4n) is 7.68. The Hall–Kier alpha value is -13.9. The Labute approximate surface area is 813 Å². The average molecular weight is 2190 g/mol. The van der Waals surface area contributed by atoms with Crippen LogP contribution in [0.4, 0.5) is 0 Å². The predicted octanol–water partition coefficient (Wildman–Crippen LogP) is 7.20. The molecule has 76 heteroatoms. The molecule has 18 rings (SSSR count). The van der Waals surface area contributed by atoms with Crippen LogP contribution in [0.25, 0.3) is 33.6 Å². The first-order valence-electron chi connectivity index (χ1n) is 35.4. The molecule has 0 aliphatic heterocycles. The van der Waals surface area contributed by atoms with Gasteiger partial charge in [0.25, 0.3) is 22.5 Å². The molecule has 0 saturated heterocycles. The molecule has 0 atom stereocenters. The third-order valence-corrected chi connectivity index (χ3v) is 13.6. The van der Waals surface area contributed by atoms with Gasteiger partial charge in [0.15, 0.2) is 26.8 Å². The number of carboxylic acids is 1. The second kappa shape index (κ2) is 60.3. The summed E-state index contributed by atoms with van der Waals surface area (Å²) in [5.41, 5.74) is 2.47. The minimum Gasteiger partial charge on any atom is -0.477 e. The topological polar surface area (TPSA) is 808 Å². The summed E-state index contributed by atoms with van der Waals surface area (Å²) in [6, 6.07) is 0. The fourth-order valence-corrected chi connectivity index (χ4v) is 8.20. The van der Waals surface area contributed by atoms with Crippen LogP contribution in [0, 0.1) is 0 Å². The van der Waals surface area contributed by atoms with Crippen LogP contribution in [0.3, 0.4) is 0 Å². The third-order valence-electron chi connectivity index (χ3n) is 12.8. The molecule has 18 heterocycles. The number of nitrogens with zero attached hydrogens (tertiary/aromatic N) is 34. The maximum Gasteiger partial charge on any atom is 0.378 e. The van der Waals surface area contributed by atoms with Crippen molar-refractivity contribution in [2.24, 2.45) is 0 Å². The molecule has 0 spiro atoms. The molecule has 0 unspecified atom stereocenters. The number of aromatic amines is 6. The first-order chi connectivity index (χ1) is 64.5. The largest absolute Gasteiger partial charge is 0.477 e.